The topological polar surface area (TPSA) is 64.3 Å². The Labute approximate surface area is 127 Å². The largest absolute Gasteiger partial charge is 0.384 e. The van der Waals surface area contributed by atoms with E-state index < -0.39 is 0 Å². The molecule has 1 fully saturated rings. The van der Waals surface area contributed by atoms with Crippen LogP contribution < -0.4 is 10.6 Å². The van der Waals surface area contributed by atoms with Crippen molar-refractivity contribution in [1.82, 2.24) is 10.2 Å². The van der Waals surface area contributed by atoms with Gasteiger partial charge in [-0.25, -0.2) is 0 Å². The molecule has 0 spiro atoms. The summed E-state index contributed by atoms with van der Waals surface area (Å²) in [6, 6.07) is 0. The fraction of sp³-hybridized carbons (Fsp3) is 0.750. The summed E-state index contributed by atoms with van der Waals surface area (Å²) in [4.78, 5) is 2.35. The van der Waals surface area contributed by atoms with Crippen LogP contribution in [-0.4, -0.2) is 37.0 Å². The molecule has 21 heavy (non-hydrogen) atoms. The van der Waals surface area contributed by atoms with E-state index in [1.54, 1.807) is 7.11 Å². The first-order valence-corrected chi connectivity index (χ1v) is 8.06. The van der Waals surface area contributed by atoms with Crippen LogP contribution in [0.3, 0.4) is 0 Å². The lowest BCUT2D eigenvalue weighted by molar-refractivity contribution is 0.139. The van der Waals surface area contributed by atoms with Gasteiger partial charge in [0.1, 0.15) is 0 Å². The van der Waals surface area contributed by atoms with Gasteiger partial charge >= 0.3 is 0 Å². The molecule has 0 amide bonds. The third-order valence-electron chi connectivity index (χ3n) is 4.46. The number of methoxy groups -OCH3 is 1. The Balaban J connectivity index is 2.20. The lowest BCUT2D eigenvalue weighted by Crippen LogP contribution is -2.37. The van der Waals surface area contributed by atoms with Gasteiger partial charge in [0.2, 0.25) is 0 Å². The van der Waals surface area contributed by atoms with Gasteiger partial charge < -0.3 is 15.4 Å². The van der Waals surface area contributed by atoms with Crippen LogP contribution in [0.15, 0.2) is 0 Å². The van der Waals surface area contributed by atoms with Gasteiger partial charge in [-0.05, 0) is 37.2 Å². The van der Waals surface area contributed by atoms with Crippen LogP contribution >= 0.6 is 0 Å². The zero-order valence-corrected chi connectivity index (χ0v) is 13.6. The number of aromatic nitrogens is 2. The molecule has 0 bridgehead atoms. The lowest BCUT2D eigenvalue weighted by Gasteiger charge is -2.33. The quantitative estimate of drug-likeness (QED) is 0.868. The molecule has 0 atom stereocenters. The highest BCUT2D eigenvalue weighted by molar-refractivity contribution is 5.51. The molecule has 0 saturated carbocycles. The number of nitrogens with two attached hydrogens (primary N) is 1. The lowest BCUT2D eigenvalue weighted by atomic mass is 9.96. The molecular formula is C16H28N4O. The summed E-state index contributed by atoms with van der Waals surface area (Å²) in [5.74, 6) is 1.67. The van der Waals surface area contributed by atoms with Crippen LogP contribution in [-0.2, 0) is 24.1 Å². The molecule has 0 aromatic carbocycles. The molecule has 5 nitrogen and oxygen atoms in total. The molecule has 1 saturated heterocycles. The minimum atomic E-state index is 0.541. The number of piperidine rings is 1. The Bertz CT molecular complexity index is 456. The van der Waals surface area contributed by atoms with E-state index in [2.05, 4.69) is 28.9 Å². The second-order valence-corrected chi connectivity index (χ2v) is 5.72. The fourth-order valence-corrected chi connectivity index (χ4v) is 3.25. The van der Waals surface area contributed by atoms with Crippen LogP contribution in [0.25, 0.3) is 0 Å². The van der Waals surface area contributed by atoms with E-state index in [-0.39, 0.29) is 0 Å². The fourth-order valence-electron chi connectivity index (χ4n) is 3.25. The van der Waals surface area contributed by atoms with Crippen molar-refractivity contribution in [2.24, 2.45) is 11.7 Å². The van der Waals surface area contributed by atoms with Crippen molar-refractivity contribution in [2.75, 3.05) is 31.7 Å². The zero-order chi connectivity index (χ0) is 15.2. The molecule has 1 aliphatic rings. The number of anilines is 1. The van der Waals surface area contributed by atoms with Gasteiger partial charge in [-0.3, -0.25) is 0 Å². The Morgan fingerprint density at radius 2 is 1.86 bits per heavy atom. The summed E-state index contributed by atoms with van der Waals surface area (Å²) < 4.78 is 5.27. The van der Waals surface area contributed by atoms with Gasteiger partial charge in [-0.1, -0.05) is 13.8 Å². The summed E-state index contributed by atoms with van der Waals surface area (Å²) in [5, 5.41) is 8.92. The first-order chi connectivity index (χ1) is 10.2. The average molecular weight is 292 g/mol. The van der Waals surface area contributed by atoms with E-state index in [0.29, 0.717) is 12.5 Å². The van der Waals surface area contributed by atoms with Crippen molar-refractivity contribution >= 4 is 5.82 Å². The Morgan fingerprint density at radius 1 is 1.14 bits per heavy atom. The summed E-state index contributed by atoms with van der Waals surface area (Å²) in [7, 11) is 1.78. The predicted octanol–water partition coefficient (Wildman–Crippen LogP) is 1.92. The Hall–Kier alpha value is -1.20. The SMILES string of the molecule is CCc1nnc(N2CCC(COC)CC2)c(CN)c1CC. The highest BCUT2D eigenvalue weighted by Gasteiger charge is 2.23. The third-order valence-corrected chi connectivity index (χ3v) is 4.46. The third kappa shape index (κ3) is 3.52. The van der Waals surface area contributed by atoms with E-state index in [4.69, 9.17) is 10.5 Å². The van der Waals surface area contributed by atoms with Gasteiger partial charge in [-0.15, -0.1) is 5.10 Å². The first-order valence-electron chi connectivity index (χ1n) is 8.06. The van der Waals surface area contributed by atoms with Crippen molar-refractivity contribution in [3.05, 3.63) is 16.8 Å². The molecule has 118 valence electrons. The summed E-state index contributed by atoms with van der Waals surface area (Å²) >= 11 is 0. The monoisotopic (exact) mass is 292 g/mol. The van der Waals surface area contributed by atoms with Crippen LogP contribution in [0, 0.1) is 5.92 Å². The van der Waals surface area contributed by atoms with Gasteiger partial charge in [0.05, 0.1) is 5.69 Å². The Morgan fingerprint density at radius 3 is 2.38 bits per heavy atom. The maximum Gasteiger partial charge on any atom is 0.156 e. The number of hydrogen-bond acceptors (Lipinski definition) is 5. The summed E-state index contributed by atoms with van der Waals surface area (Å²) in [5.41, 5.74) is 9.60. The molecule has 0 radical (unpaired) electrons. The molecule has 0 aliphatic carbocycles. The summed E-state index contributed by atoms with van der Waals surface area (Å²) in [6.07, 6.45) is 4.19. The average Bonchev–Trinajstić information content (AvgIpc) is 2.54. The maximum atomic E-state index is 6.02. The van der Waals surface area contributed by atoms with Crippen molar-refractivity contribution < 1.29 is 4.74 Å². The van der Waals surface area contributed by atoms with E-state index in [0.717, 1.165) is 56.9 Å². The van der Waals surface area contributed by atoms with Crippen molar-refractivity contribution in [2.45, 2.75) is 46.1 Å². The van der Waals surface area contributed by atoms with E-state index in [9.17, 15) is 0 Å². The first kappa shape index (κ1) is 16.2. The molecule has 5 heteroatoms. The number of hydrogen-bond donors (Lipinski definition) is 1. The minimum absolute atomic E-state index is 0.541. The van der Waals surface area contributed by atoms with Gasteiger partial charge in [-0.2, -0.15) is 5.10 Å². The van der Waals surface area contributed by atoms with Crippen molar-refractivity contribution in [3.63, 3.8) is 0 Å². The minimum Gasteiger partial charge on any atom is -0.384 e. The smallest absolute Gasteiger partial charge is 0.156 e. The second kappa shape index (κ2) is 7.71. The number of nitrogens with zero attached hydrogens (tertiary/aromatic N) is 3. The van der Waals surface area contributed by atoms with Gasteiger partial charge in [0.25, 0.3) is 0 Å². The Kier molecular flexibility index (Phi) is 5.94. The maximum absolute atomic E-state index is 6.02. The van der Waals surface area contributed by atoms with E-state index in [1.807, 2.05) is 0 Å². The number of ether oxygens (including phenoxy) is 1. The predicted molar refractivity (Wildman–Crippen MR) is 85.5 cm³/mol. The molecule has 0 unspecified atom stereocenters. The zero-order valence-electron chi connectivity index (χ0n) is 13.6. The van der Waals surface area contributed by atoms with Crippen LogP contribution in [0.5, 0.6) is 0 Å². The molecule has 1 aliphatic heterocycles. The molecular weight excluding hydrogens is 264 g/mol. The number of aryl methyl sites for hydroxylation is 1. The van der Waals surface area contributed by atoms with Gasteiger partial charge in [0, 0.05) is 38.9 Å². The molecule has 2 rings (SSSR count). The second-order valence-electron chi connectivity index (χ2n) is 5.72. The van der Waals surface area contributed by atoms with Crippen molar-refractivity contribution in [1.29, 1.82) is 0 Å². The van der Waals surface area contributed by atoms with E-state index in [1.165, 1.54) is 11.1 Å². The molecule has 2 N–H and O–H groups in total. The summed E-state index contributed by atoms with van der Waals surface area (Å²) in [6.45, 7) is 7.73. The normalized spacial score (nSPS) is 16.5. The highest BCUT2D eigenvalue weighted by atomic mass is 16.5. The highest BCUT2D eigenvalue weighted by Crippen LogP contribution is 2.27. The van der Waals surface area contributed by atoms with Gasteiger partial charge in [0.15, 0.2) is 5.82 Å². The standard InChI is InChI=1S/C16H28N4O/c1-4-13-14(10-17)16(19-18-15(13)5-2)20-8-6-12(7-9-20)11-21-3/h12H,4-11,17H2,1-3H3. The van der Waals surface area contributed by atoms with Crippen LogP contribution in [0.2, 0.25) is 0 Å². The van der Waals surface area contributed by atoms with Crippen LogP contribution in [0.4, 0.5) is 5.82 Å². The molecule has 1 aromatic heterocycles. The van der Waals surface area contributed by atoms with Crippen molar-refractivity contribution in [3.8, 4) is 0 Å². The molecule has 2 heterocycles. The van der Waals surface area contributed by atoms with Crippen LogP contribution in [0.1, 0.15) is 43.5 Å². The van der Waals surface area contributed by atoms with E-state index >= 15 is 0 Å². The number of rotatable bonds is 6. The molecule has 1 aromatic rings.